The third-order valence-electron chi connectivity index (χ3n) is 5.23. The van der Waals surface area contributed by atoms with Gasteiger partial charge in [-0.15, -0.1) is 0 Å². The largest absolute Gasteiger partial charge is 0.387 e. The third kappa shape index (κ3) is 3.30. The smallest absolute Gasteiger partial charge is 0.326 e. The fraction of sp³-hybridized carbons (Fsp3) is 0.350. The number of benzene rings is 2. The van der Waals surface area contributed by atoms with Crippen LogP contribution >= 0.6 is 0 Å². The minimum Gasteiger partial charge on any atom is -0.387 e. The van der Waals surface area contributed by atoms with Crippen molar-refractivity contribution in [3.63, 3.8) is 0 Å². The number of nitrogens with one attached hydrogen (secondary N) is 1. The van der Waals surface area contributed by atoms with Crippen LogP contribution in [0.4, 0.5) is 4.39 Å². The zero-order chi connectivity index (χ0) is 18.1. The van der Waals surface area contributed by atoms with Crippen molar-refractivity contribution in [3.8, 4) is 0 Å². The van der Waals surface area contributed by atoms with Crippen molar-refractivity contribution in [1.82, 2.24) is 14.5 Å². The zero-order valence-corrected chi connectivity index (χ0v) is 14.4. The maximum Gasteiger partial charge on any atom is 0.326 e. The Morgan fingerprint density at radius 2 is 1.81 bits per heavy atom. The molecule has 0 amide bonds. The highest BCUT2D eigenvalue weighted by atomic mass is 19.1. The van der Waals surface area contributed by atoms with E-state index in [1.54, 1.807) is 12.1 Å². The van der Waals surface area contributed by atoms with Gasteiger partial charge in [0.15, 0.2) is 0 Å². The maximum atomic E-state index is 13.0. The number of nitrogens with zero attached hydrogens (tertiary/aromatic N) is 2. The molecule has 2 heterocycles. The van der Waals surface area contributed by atoms with Gasteiger partial charge in [0.2, 0.25) is 0 Å². The molecule has 2 aromatic carbocycles. The molecule has 6 heteroatoms. The van der Waals surface area contributed by atoms with Crippen molar-refractivity contribution in [3.05, 3.63) is 70.4 Å². The molecule has 26 heavy (non-hydrogen) atoms. The Hall–Kier alpha value is -2.44. The summed E-state index contributed by atoms with van der Waals surface area (Å²) >= 11 is 0. The molecule has 4 rings (SSSR count). The average Bonchev–Trinajstić information content (AvgIpc) is 2.99. The predicted molar refractivity (Wildman–Crippen MR) is 98.6 cm³/mol. The number of aliphatic hydroxyl groups is 1. The van der Waals surface area contributed by atoms with Gasteiger partial charge in [0.1, 0.15) is 5.82 Å². The van der Waals surface area contributed by atoms with Crippen molar-refractivity contribution in [2.24, 2.45) is 0 Å². The Bertz CT molecular complexity index is 940. The van der Waals surface area contributed by atoms with Crippen LogP contribution in [0.25, 0.3) is 11.0 Å². The lowest BCUT2D eigenvalue weighted by Crippen LogP contribution is -2.39. The SMILES string of the molecule is O=c1[nH]c2ccccc2n1C1CCN(CC(O)c2ccc(F)cc2)CC1. The first-order valence-corrected chi connectivity index (χ1v) is 8.97. The van der Waals surface area contributed by atoms with Gasteiger partial charge >= 0.3 is 5.69 Å². The highest BCUT2D eigenvalue weighted by Crippen LogP contribution is 2.26. The number of fused-ring (bicyclic) bond motifs is 1. The molecule has 1 saturated heterocycles. The van der Waals surface area contributed by atoms with Crippen LogP contribution in [0, 0.1) is 5.82 Å². The summed E-state index contributed by atoms with van der Waals surface area (Å²) in [7, 11) is 0. The van der Waals surface area contributed by atoms with Crippen LogP contribution in [0.3, 0.4) is 0 Å². The second-order valence-electron chi connectivity index (χ2n) is 6.92. The summed E-state index contributed by atoms with van der Waals surface area (Å²) in [5.74, 6) is -0.300. The Morgan fingerprint density at radius 3 is 2.54 bits per heavy atom. The summed E-state index contributed by atoms with van der Waals surface area (Å²) in [6, 6.07) is 13.9. The van der Waals surface area contributed by atoms with E-state index in [-0.39, 0.29) is 17.5 Å². The normalized spacial score (nSPS) is 17.6. The number of aromatic nitrogens is 2. The first-order valence-electron chi connectivity index (χ1n) is 8.97. The van der Waals surface area contributed by atoms with Crippen LogP contribution in [0.5, 0.6) is 0 Å². The topological polar surface area (TPSA) is 61.3 Å². The standard InChI is InChI=1S/C20H22FN3O2/c21-15-7-5-14(6-8-15)19(25)13-23-11-9-16(10-12-23)24-18-4-2-1-3-17(18)22-20(24)26/h1-8,16,19,25H,9-13H2,(H,22,26). The lowest BCUT2D eigenvalue weighted by molar-refractivity contribution is 0.0906. The molecule has 1 fully saturated rings. The summed E-state index contributed by atoms with van der Waals surface area (Å²) in [5, 5.41) is 10.4. The highest BCUT2D eigenvalue weighted by molar-refractivity contribution is 5.75. The second kappa shape index (κ2) is 7.05. The van der Waals surface area contributed by atoms with Gasteiger partial charge in [-0.3, -0.25) is 4.57 Å². The van der Waals surface area contributed by atoms with Crippen molar-refractivity contribution >= 4 is 11.0 Å². The van der Waals surface area contributed by atoms with E-state index >= 15 is 0 Å². The molecule has 0 saturated carbocycles. The van der Waals surface area contributed by atoms with Gasteiger partial charge in [-0.25, -0.2) is 9.18 Å². The first kappa shape index (κ1) is 17.0. The highest BCUT2D eigenvalue weighted by Gasteiger charge is 2.24. The molecule has 0 bridgehead atoms. The van der Waals surface area contributed by atoms with Crippen LogP contribution < -0.4 is 5.69 Å². The molecule has 0 radical (unpaired) electrons. The Labute approximate surface area is 150 Å². The molecule has 1 aliphatic heterocycles. The number of piperidine rings is 1. The maximum absolute atomic E-state index is 13.0. The number of hydrogen-bond donors (Lipinski definition) is 2. The Balaban J connectivity index is 1.41. The second-order valence-corrected chi connectivity index (χ2v) is 6.92. The number of rotatable bonds is 4. The van der Waals surface area contributed by atoms with Gasteiger partial charge in [-0.1, -0.05) is 24.3 Å². The molecule has 2 N–H and O–H groups in total. The van der Waals surface area contributed by atoms with Gasteiger partial charge < -0.3 is 15.0 Å². The van der Waals surface area contributed by atoms with E-state index in [0.29, 0.717) is 6.54 Å². The number of β-amino-alcohol motifs (C(OH)–C–C–N with tert-alkyl or cyclic N) is 1. The van der Waals surface area contributed by atoms with E-state index in [0.717, 1.165) is 42.5 Å². The molecule has 5 nitrogen and oxygen atoms in total. The third-order valence-corrected chi connectivity index (χ3v) is 5.23. The minimum absolute atomic E-state index is 0.0593. The Kier molecular flexibility index (Phi) is 4.61. The lowest BCUT2D eigenvalue weighted by atomic mass is 10.0. The molecule has 1 aromatic heterocycles. The van der Waals surface area contributed by atoms with E-state index in [2.05, 4.69) is 9.88 Å². The number of aromatic amines is 1. The van der Waals surface area contributed by atoms with E-state index in [1.165, 1.54) is 12.1 Å². The number of H-pyrrole nitrogens is 1. The molecule has 0 aliphatic carbocycles. The van der Waals surface area contributed by atoms with Crippen LogP contribution in [-0.4, -0.2) is 39.2 Å². The molecule has 1 atom stereocenters. The van der Waals surface area contributed by atoms with Gasteiger partial charge in [-0.2, -0.15) is 0 Å². The van der Waals surface area contributed by atoms with Gasteiger partial charge in [0, 0.05) is 25.7 Å². The van der Waals surface area contributed by atoms with Crippen LogP contribution in [0.15, 0.2) is 53.3 Å². The number of halogens is 1. The fourth-order valence-corrected chi connectivity index (χ4v) is 3.83. The monoisotopic (exact) mass is 355 g/mol. The van der Waals surface area contributed by atoms with Gasteiger partial charge in [-0.05, 0) is 42.7 Å². The van der Waals surface area contributed by atoms with E-state index < -0.39 is 6.10 Å². The molecule has 0 spiro atoms. The van der Waals surface area contributed by atoms with Crippen molar-refractivity contribution in [1.29, 1.82) is 0 Å². The summed E-state index contributed by atoms with van der Waals surface area (Å²) < 4.78 is 14.9. The number of hydrogen-bond acceptors (Lipinski definition) is 3. The predicted octanol–water partition coefficient (Wildman–Crippen LogP) is 2.84. The Morgan fingerprint density at radius 1 is 1.12 bits per heavy atom. The van der Waals surface area contributed by atoms with E-state index in [1.807, 2.05) is 28.8 Å². The van der Waals surface area contributed by atoms with Gasteiger partial charge in [0.25, 0.3) is 0 Å². The zero-order valence-electron chi connectivity index (χ0n) is 14.4. The summed E-state index contributed by atoms with van der Waals surface area (Å²) in [6.07, 6.45) is 1.08. The molecule has 136 valence electrons. The quantitative estimate of drug-likeness (QED) is 0.757. The number of likely N-dealkylation sites (tertiary alicyclic amines) is 1. The number of para-hydroxylation sites is 2. The molecule has 1 aliphatic rings. The summed E-state index contributed by atoms with van der Waals surface area (Å²) in [4.78, 5) is 17.4. The van der Waals surface area contributed by atoms with Crippen LogP contribution in [-0.2, 0) is 0 Å². The van der Waals surface area contributed by atoms with E-state index in [4.69, 9.17) is 0 Å². The summed E-state index contributed by atoms with van der Waals surface area (Å²) in [5.41, 5.74) is 2.48. The van der Waals surface area contributed by atoms with Crippen molar-refractivity contribution < 1.29 is 9.50 Å². The number of imidazole rings is 1. The average molecular weight is 355 g/mol. The van der Waals surface area contributed by atoms with Crippen molar-refractivity contribution in [2.75, 3.05) is 19.6 Å². The number of aliphatic hydroxyl groups excluding tert-OH is 1. The van der Waals surface area contributed by atoms with Gasteiger partial charge in [0.05, 0.1) is 17.1 Å². The lowest BCUT2D eigenvalue weighted by Gasteiger charge is -2.33. The van der Waals surface area contributed by atoms with Crippen LogP contribution in [0.2, 0.25) is 0 Å². The van der Waals surface area contributed by atoms with E-state index in [9.17, 15) is 14.3 Å². The summed E-state index contributed by atoms with van der Waals surface area (Å²) in [6.45, 7) is 2.14. The van der Waals surface area contributed by atoms with Crippen molar-refractivity contribution in [2.45, 2.75) is 25.0 Å². The van der Waals surface area contributed by atoms with Crippen LogP contribution in [0.1, 0.15) is 30.6 Å². The molecular formula is C20H22FN3O2. The molecule has 3 aromatic rings. The minimum atomic E-state index is -0.636. The molecule has 1 unspecified atom stereocenters. The fourth-order valence-electron chi connectivity index (χ4n) is 3.83. The molecular weight excluding hydrogens is 333 g/mol. The first-order chi connectivity index (χ1) is 12.6.